The minimum Gasteiger partial charge on any atom is -0.378 e. The van der Waals surface area contributed by atoms with Crippen molar-refractivity contribution in [3.8, 4) is 0 Å². The van der Waals surface area contributed by atoms with E-state index in [9.17, 15) is 13.2 Å². The van der Waals surface area contributed by atoms with Crippen LogP contribution in [0, 0.1) is 0 Å². The van der Waals surface area contributed by atoms with Crippen LogP contribution in [-0.4, -0.2) is 34.7 Å². The van der Waals surface area contributed by atoms with Crippen LogP contribution in [0.4, 0.5) is 5.69 Å². The molecule has 1 aromatic carbocycles. The van der Waals surface area contributed by atoms with Gasteiger partial charge < -0.3 is 9.08 Å². The van der Waals surface area contributed by atoms with Crippen LogP contribution in [0.2, 0.25) is 0 Å². The van der Waals surface area contributed by atoms with Crippen LogP contribution in [0.15, 0.2) is 24.3 Å². The molecule has 6 heteroatoms. The van der Waals surface area contributed by atoms with Crippen LogP contribution in [0.25, 0.3) is 0 Å². The molecule has 0 aliphatic rings. The Bertz CT molecular complexity index is 476. The summed E-state index contributed by atoms with van der Waals surface area (Å²) in [5.41, 5.74) is 1.12. The third-order valence-electron chi connectivity index (χ3n) is 1.85. The highest BCUT2D eigenvalue weighted by molar-refractivity contribution is 7.86. The van der Waals surface area contributed by atoms with E-state index in [0.717, 1.165) is 11.9 Å². The maximum Gasteiger partial charge on any atom is 0.353 e. The monoisotopic (exact) mass is 243 g/mol. The van der Waals surface area contributed by atoms with Crippen LogP contribution in [0.3, 0.4) is 0 Å². The fourth-order valence-corrected chi connectivity index (χ4v) is 1.45. The van der Waals surface area contributed by atoms with Gasteiger partial charge in [-0.15, -0.1) is 0 Å². The normalized spacial score (nSPS) is 10.9. The van der Waals surface area contributed by atoms with E-state index in [1.165, 1.54) is 12.1 Å². The van der Waals surface area contributed by atoms with E-state index in [2.05, 4.69) is 4.18 Å². The molecule has 0 saturated heterocycles. The van der Waals surface area contributed by atoms with Crippen molar-refractivity contribution in [2.45, 2.75) is 0 Å². The molecule has 0 saturated carbocycles. The van der Waals surface area contributed by atoms with Crippen LogP contribution < -0.4 is 4.90 Å². The summed E-state index contributed by atoms with van der Waals surface area (Å²) in [4.78, 5) is 13.2. The third-order valence-corrected chi connectivity index (χ3v) is 2.30. The lowest BCUT2D eigenvalue weighted by atomic mass is 10.2. The Morgan fingerprint density at radius 2 is 1.69 bits per heavy atom. The number of carbonyl (C=O) groups is 1. The third kappa shape index (κ3) is 3.54. The van der Waals surface area contributed by atoms with Crippen LogP contribution >= 0.6 is 0 Å². The van der Waals surface area contributed by atoms with Gasteiger partial charge in [0.05, 0.1) is 11.8 Å². The summed E-state index contributed by atoms with van der Waals surface area (Å²) in [5, 5.41) is 0. The lowest BCUT2D eigenvalue weighted by Gasteiger charge is -2.12. The number of carbonyl (C=O) groups excluding carboxylic acids is 1. The lowest BCUT2D eigenvalue weighted by Crippen LogP contribution is -2.12. The Kier molecular flexibility index (Phi) is 3.54. The zero-order valence-electron chi connectivity index (χ0n) is 9.30. The second-order valence-electron chi connectivity index (χ2n) is 3.52. The maximum atomic E-state index is 11.3. The summed E-state index contributed by atoms with van der Waals surface area (Å²) < 4.78 is 25.7. The largest absolute Gasteiger partial charge is 0.378 e. The number of anilines is 1. The molecule has 1 aromatic rings. The van der Waals surface area contributed by atoms with Crippen molar-refractivity contribution in [1.82, 2.24) is 0 Å². The summed E-state index contributed by atoms with van der Waals surface area (Å²) >= 11 is 0. The molecule has 0 N–H and O–H groups in total. The Morgan fingerprint density at radius 1 is 1.19 bits per heavy atom. The molecule has 0 bridgehead atoms. The predicted molar refractivity (Wildman–Crippen MR) is 61.0 cm³/mol. The molecular weight excluding hydrogens is 230 g/mol. The molecule has 0 aliphatic heterocycles. The van der Waals surface area contributed by atoms with Gasteiger partial charge in [-0.25, -0.2) is 4.79 Å². The number of benzene rings is 1. The summed E-state index contributed by atoms with van der Waals surface area (Å²) in [6.07, 6.45) is 0.832. The van der Waals surface area contributed by atoms with Crippen LogP contribution in [0.5, 0.6) is 0 Å². The fourth-order valence-electron chi connectivity index (χ4n) is 1.08. The molecule has 0 radical (unpaired) electrons. The summed E-state index contributed by atoms with van der Waals surface area (Å²) in [7, 11) is -0.0281. The summed E-state index contributed by atoms with van der Waals surface area (Å²) in [6, 6.07) is 6.45. The first-order valence-electron chi connectivity index (χ1n) is 4.51. The van der Waals surface area contributed by atoms with Gasteiger partial charge >= 0.3 is 16.1 Å². The molecule has 1 rings (SSSR count). The Hall–Kier alpha value is -1.56. The van der Waals surface area contributed by atoms with E-state index in [1.807, 2.05) is 19.0 Å². The number of rotatable bonds is 3. The summed E-state index contributed by atoms with van der Waals surface area (Å²) in [6.45, 7) is 0. The van der Waals surface area contributed by atoms with Crippen molar-refractivity contribution in [1.29, 1.82) is 0 Å². The molecule has 0 heterocycles. The first-order valence-corrected chi connectivity index (χ1v) is 6.32. The molecule has 0 fully saturated rings. The van der Waals surface area contributed by atoms with Gasteiger partial charge in [0.25, 0.3) is 0 Å². The van der Waals surface area contributed by atoms with Gasteiger partial charge in [0.15, 0.2) is 0 Å². The van der Waals surface area contributed by atoms with Gasteiger partial charge in [0.1, 0.15) is 0 Å². The standard InChI is InChI=1S/C10H13NO4S/c1-11(2)9-6-4-8(5-7-9)10(12)15-16(3,13)14/h4-7H,1-3H3. The molecule has 0 atom stereocenters. The SMILES string of the molecule is CN(C)c1ccc(C(=O)OS(C)(=O)=O)cc1. The molecule has 0 amide bonds. The highest BCUT2D eigenvalue weighted by Gasteiger charge is 2.13. The van der Waals surface area contributed by atoms with Crippen LogP contribution in [-0.2, 0) is 14.3 Å². The van der Waals surface area contributed by atoms with Crippen molar-refractivity contribution < 1.29 is 17.4 Å². The Balaban J connectivity index is 2.86. The van der Waals surface area contributed by atoms with Gasteiger partial charge in [-0.05, 0) is 24.3 Å². The van der Waals surface area contributed by atoms with Crippen LogP contribution in [0.1, 0.15) is 10.4 Å². The quantitative estimate of drug-likeness (QED) is 0.737. The van der Waals surface area contributed by atoms with Crippen molar-refractivity contribution in [3.05, 3.63) is 29.8 Å². The molecule has 0 unspecified atom stereocenters. The number of hydrogen-bond donors (Lipinski definition) is 0. The molecule has 0 aromatic heterocycles. The molecule has 16 heavy (non-hydrogen) atoms. The van der Waals surface area contributed by atoms with Gasteiger partial charge in [0.2, 0.25) is 0 Å². The smallest absolute Gasteiger partial charge is 0.353 e. The van der Waals surface area contributed by atoms with E-state index in [0.29, 0.717) is 0 Å². The average Bonchev–Trinajstić information content (AvgIpc) is 2.15. The Labute approximate surface area is 94.8 Å². The zero-order chi connectivity index (χ0) is 12.3. The minimum absolute atomic E-state index is 0.205. The Morgan fingerprint density at radius 3 is 2.06 bits per heavy atom. The van der Waals surface area contributed by atoms with E-state index >= 15 is 0 Å². The highest BCUT2D eigenvalue weighted by Crippen LogP contribution is 2.13. The van der Waals surface area contributed by atoms with Crippen molar-refractivity contribution in [2.75, 3.05) is 25.3 Å². The average molecular weight is 243 g/mol. The van der Waals surface area contributed by atoms with E-state index < -0.39 is 16.1 Å². The molecule has 88 valence electrons. The second-order valence-corrected chi connectivity index (χ2v) is 5.09. The van der Waals surface area contributed by atoms with E-state index in [4.69, 9.17) is 0 Å². The van der Waals surface area contributed by atoms with Gasteiger partial charge in [-0.3, -0.25) is 0 Å². The van der Waals surface area contributed by atoms with E-state index in [1.54, 1.807) is 12.1 Å². The first kappa shape index (κ1) is 12.5. The van der Waals surface area contributed by atoms with Crippen molar-refractivity contribution in [3.63, 3.8) is 0 Å². The topological polar surface area (TPSA) is 63.7 Å². The number of hydrogen-bond acceptors (Lipinski definition) is 5. The second kappa shape index (κ2) is 4.52. The first-order chi connectivity index (χ1) is 7.29. The fraction of sp³-hybridized carbons (Fsp3) is 0.300. The predicted octanol–water partition coefficient (Wildman–Crippen LogP) is 0.869. The zero-order valence-corrected chi connectivity index (χ0v) is 10.1. The molecule has 0 aliphatic carbocycles. The molecule has 5 nitrogen and oxygen atoms in total. The maximum absolute atomic E-state index is 11.3. The van der Waals surface area contributed by atoms with Crippen molar-refractivity contribution in [2.24, 2.45) is 0 Å². The summed E-state index contributed by atoms with van der Waals surface area (Å²) in [5.74, 6) is -0.868. The van der Waals surface area contributed by atoms with Gasteiger partial charge in [-0.1, -0.05) is 0 Å². The minimum atomic E-state index is -3.76. The molecular formula is C10H13NO4S. The molecule has 0 spiro atoms. The lowest BCUT2D eigenvalue weighted by molar-refractivity contribution is 0.0748. The van der Waals surface area contributed by atoms with Gasteiger partial charge in [-0.2, -0.15) is 8.42 Å². The van der Waals surface area contributed by atoms with Gasteiger partial charge in [0, 0.05) is 19.8 Å². The van der Waals surface area contributed by atoms with Crippen molar-refractivity contribution >= 4 is 21.8 Å². The number of nitrogens with zero attached hydrogens (tertiary/aromatic N) is 1. The highest BCUT2D eigenvalue weighted by atomic mass is 32.2. The van der Waals surface area contributed by atoms with E-state index in [-0.39, 0.29) is 5.56 Å².